The molecular formula is C16H19N3OS. The molecule has 0 saturated heterocycles. The van der Waals surface area contributed by atoms with Crippen molar-refractivity contribution < 1.29 is 4.74 Å². The molecular weight excluding hydrogens is 282 g/mol. The molecule has 110 valence electrons. The first kappa shape index (κ1) is 15.4. The van der Waals surface area contributed by atoms with Crippen LogP contribution < -0.4 is 10.5 Å². The molecule has 2 N–H and O–H groups in total. The Morgan fingerprint density at radius 2 is 1.76 bits per heavy atom. The second kappa shape index (κ2) is 6.18. The number of nitrogens with zero attached hydrogens (tertiary/aromatic N) is 2. The lowest BCUT2D eigenvalue weighted by molar-refractivity contribution is 0.452. The van der Waals surface area contributed by atoms with Gasteiger partial charge >= 0.3 is 0 Å². The van der Waals surface area contributed by atoms with E-state index in [0.29, 0.717) is 23.1 Å². The van der Waals surface area contributed by atoms with E-state index in [2.05, 4.69) is 24.0 Å². The van der Waals surface area contributed by atoms with Crippen LogP contribution in [0.3, 0.4) is 0 Å². The van der Waals surface area contributed by atoms with Crippen LogP contribution in [-0.4, -0.2) is 15.2 Å². The molecule has 0 bridgehead atoms. The summed E-state index contributed by atoms with van der Waals surface area (Å²) in [4.78, 5) is 0.263. The Labute approximate surface area is 130 Å². The van der Waals surface area contributed by atoms with Crippen LogP contribution in [-0.2, 0) is 0 Å². The van der Waals surface area contributed by atoms with Gasteiger partial charge in [-0.05, 0) is 43.0 Å². The van der Waals surface area contributed by atoms with E-state index in [4.69, 9.17) is 22.7 Å². The molecule has 2 aromatic rings. The van der Waals surface area contributed by atoms with Gasteiger partial charge in [-0.25, -0.2) is 0 Å². The van der Waals surface area contributed by atoms with Gasteiger partial charge in [0.2, 0.25) is 5.88 Å². The van der Waals surface area contributed by atoms with Crippen LogP contribution in [0, 0.1) is 13.8 Å². The molecule has 1 aromatic heterocycles. The second-order valence-electron chi connectivity index (χ2n) is 5.28. The van der Waals surface area contributed by atoms with E-state index in [1.54, 1.807) is 0 Å². The van der Waals surface area contributed by atoms with Gasteiger partial charge in [-0.1, -0.05) is 38.2 Å². The summed E-state index contributed by atoms with van der Waals surface area (Å²) in [6.45, 7) is 8.07. The molecule has 21 heavy (non-hydrogen) atoms. The molecule has 2 rings (SSSR count). The van der Waals surface area contributed by atoms with Gasteiger partial charge in [0.05, 0.1) is 11.3 Å². The molecule has 0 spiro atoms. The minimum absolute atomic E-state index is 0.263. The summed E-state index contributed by atoms with van der Waals surface area (Å²) in [7, 11) is 0. The highest BCUT2D eigenvalue weighted by Gasteiger charge is 2.15. The maximum absolute atomic E-state index is 5.80. The summed E-state index contributed by atoms with van der Waals surface area (Å²) in [5.41, 5.74) is 9.37. The van der Waals surface area contributed by atoms with Crippen LogP contribution >= 0.6 is 12.2 Å². The number of nitrogens with two attached hydrogens (primary N) is 1. The van der Waals surface area contributed by atoms with Gasteiger partial charge in [-0.3, -0.25) is 0 Å². The van der Waals surface area contributed by atoms with Crippen LogP contribution in [0.2, 0.25) is 0 Å². The van der Waals surface area contributed by atoms with E-state index in [9.17, 15) is 0 Å². The maximum atomic E-state index is 5.80. The Balaban J connectivity index is 2.35. The number of thiocarbonyl (C=S) groups is 1. The normalized spacial score (nSPS) is 10.7. The third-order valence-electron chi connectivity index (χ3n) is 3.43. The summed E-state index contributed by atoms with van der Waals surface area (Å²) in [5, 5.41) is 8.15. The molecule has 1 aromatic carbocycles. The zero-order valence-corrected chi connectivity index (χ0v) is 13.5. The maximum Gasteiger partial charge on any atom is 0.249 e. The van der Waals surface area contributed by atoms with Gasteiger partial charge in [0.15, 0.2) is 0 Å². The molecule has 0 aliphatic carbocycles. The van der Waals surface area contributed by atoms with Crippen molar-refractivity contribution in [2.45, 2.75) is 33.6 Å². The van der Waals surface area contributed by atoms with Gasteiger partial charge in [-0.15, -0.1) is 5.10 Å². The topological polar surface area (TPSA) is 61.0 Å². The van der Waals surface area contributed by atoms with Crippen LogP contribution in [0.4, 0.5) is 0 Å². The molecule has 0 radical (unpaired) electrons. The smallest absolute Gasteiger partial charge is 0.249 e. The fraction of sp³-hybridized carbons (Fsp3) is 0.312. The van der Waals surface area contributed by atoms with Crippen molar-refractivity contribution in [1.82, 2.24) is 10.2 Å². The van der Waals surface area contributed by atoms with E-state index < -0.39 is 0 Å². The van der Waals surface area contributed by atoms with Crippen molar-refractivity contribution in [3.63, 3.8) is 0 Å². The number of rotatable bonds is 4. The monoisotopic (exact) mass is 301 g/mol. The van der Waals surface area contributed by atoms with Crippen LogP contribution in [0.5, 0.6) is 11.6 Å². The lowest BCUT2D eigenvalue weighted by atomic mass is 10.0. The van der Waals surface area contributed by atoms with Gasteiger partial charge in [0.25, 0.3) is 0 Å². The van der Waals surface area contributed by atoms with Gasteiger partial charge in [-0.2, -0.15) is 5.10 Å². The molecule has 0 aliphatic rings. The van der Waals surface area contributed by atoms with Crippen LogP contribution in [0.15, 0.2) is 24.3 Å². The Hall–Kier alpha value is -2.01. The lowest BCUT2D eigenvalue weighted by Gasteiger charge is -2.13. The highest BCUT2D eigenvalue weighted by atomic mass is 32.1. The minimum atomic E-state index is 0.263. The molecule has 5 heteroatoms. The molecule has 0 fully saturated rings. The molecule has 4 nitrogen and oxygen atoms in total. The molecule has 0 aliphatic heterocycles. The Kier molecular flexibility index (Phi) is 4.53. The SMILES string of the molecule is Cc1nnc(Oc2ccc(C(C)C)cc2)c(C(N)=S)c1C. The summed E-state index contributed by atoms with van der Waals surface area (Å²) in [6, 6.07) is 7.90. The molecule has 0 saturated carbocycles. The predicted octanol–water partition coefficient (Wildman–Crippen LogP) is 3.64. The summed E-state index contributed by atoms with van der Waals surface area (Å²) < 4.78 is 5.80. The summed E-state index contributed by atoms with van der Waals surface area (Å²) >= 11 is 5.10. The zero-order valence-electron chi connectivity index (χ0n) is 12.7. The average Bonchev–Trinajstić information content (AvgIpc) is 2.43. The van der Waals surface area contributed by atoms with Crippen molar-refractivity contribution in [3.05, 3.63) is 46.6 Å². The number of aryl methyl sites for hydroxylation is 1. The third kappa shape index (κ3) is 3.36. The lowest BCUT2D eigenvalue weighted by Crippen LogP contribution is -2.15. The van der Waals surface area contributed by atoms with E-state index in [0.717, 1.165) is 11.3 Å². The van der Waals surface area contributed by atoms with Crippen molar-refractivity contribution in [2.75, 3.05) is 0 Å². The average molecular weight is 301 g/mol. The van der Waals surface area contributed by atoms with Gasteiger partial charge in [0, 0.05) is 0 Å². The summed E-state index contributed by atoms with van der Waals surface area (Å²) in [5.74, 6) is 1.52. The fourth-order valence-electron chi connectivity index (χ4n) is 1.98. The first-order valence-electron chi connectivity index (χ1n) is 6.81. The largest absolute Gasteiger partial charge is 0.437 e. The van der Waals surface area contributed by atoms with E-state index in [1.807, 2.05) is 38.1 Å². The van der Waals surface area contributed by atoms with Crippen molar-refractivity contribution in [3.8, 4) is 11.6 Å². The predicted molar refractivity (Wildman–Crippen MR) is 88.0 cm³/mol. The molecule has 0 atom stereocenters. The van der Waals surface area contributed by atoms with E-state index in [-0.39, 0.29) is 4.99 Å². The van der Waals surface area contributed by atoms with Crippen LogP contribution in [0.1, 0.15) is 42.1 Å². The van der Waals surface area contributed by atoms with Crippen molar-refractivity contribution >= 4 is 17.2 Å². The first-order chi connectivity index (χ1) is 9.90. The Morgan fingerprint density at radius 3 is 2.29 bits per heavy atom. The third-order valence-corrected chi connectivity index (χ3v) is 3.63. The fourth-order valence-corrected chi connectivity index (χ4v) is 2.22. The minimum Gasteiger partial charge on any atom is -0.437 e. The number of aromatic nitrogens is 2. The number of benzene rings is 1. The van der Waals surface area contributed by atoms with Crippen molar-refractivity contribution in [1.29, 1.82) is 0 Å². The molecule has 1 heterocycles. The molecule has 0 amide bonds. The van der Waals surface area contributed by atoms with Crippen LogP contribution in [0.25, 0.3) is 0 Å². The standard InChI is InChI=1S/C16H19N3OS/c1-9(2)12-5-7-13(8-6-12)20-16-14(15(17)21)10(3)11(4)18-19-16/h5-9H,1-4H3,(H2,17,21). The number of hydrogen-bond donors (Lipinski definition) is 1. The number of ether oxygens (including phenoxy) is 1. The Morgan fingerprint density at radius 1 is 1.14 bits per heavy atom. The quantitative estimate of drug-likeness (QED) is 0.874. The Bertz CT molecular complexity index is 666. The zero-order chi connectivity index (χ0) is 15.6. The number of hydrogen-bond acceptors (Lipinski definition) is 4. The summed E-state index contributed by atoms with van der Waals surface area (Å²) in [6.07, 6.45) is 0. The van der Waals surface area contributed by atoms with Gasteiger partial charge < -0.3 is 10.5 Å². The van der Waals surface area contributed by atoms with E-state index >= 15 is 0 Å². The highest BCUT2D eigenvalue weighted by Crippen LogP contribution is 2.27. The molecule has 0 unspecified atom stereocenters. The van der Waals surface area contributed by atoms with Gasteiger partial charge in [0.1, 0.15) is 10.7 Å². The van der Waals surface area contributed by atoms with Crippen molar-refractivity contribution in [2.24, 2.45) is 5.73 Å². The van der Waals surface area contributed by atoms with E-state index in [1.165, 1.54) is 5.56 Å². The highest BCUT2D eigenvalue weighted by molar-refractivity contribution is 7.80. The first-order valence-corrected chi connectivity index (χ1v) is 7.22. The second-order valence-corrected chi connectivity index (χ2v) is 5.72.